The van der Waals surface area contributed by atoms with E-state index in [1.165, 1.54) is 7.11 Å². The summed E-state index contributed by atoms with van der Waals surface area (Å²) in [7, 11) is 1.32. The molecule has 1 aliphatic rings. The number of methoxy groups -OCH3 is 1. The van der Waals surface area contributed by atoms with Gasteiger partial charge in [-0.15, -0.1) is 0 Å². The number of carbonyl (C=O) groups is 2. The molecular formula is C9H16N2O3. The highest BCUT2D eigenvalue weighted by molar-refractivity contribution is 5.87. The van der Waals surface area contributed by atoms with Crippen LogP contribution in [0.1, 0.15) is 19.8 Å². The Labute approximate surface area is 83.0 Å². The summed E-state index contributed by atoms with van der Waals surface area (Å²) in [6.45, 7) is 1.58. The summed E-state index contributed by atoms with van der Waals surface area (Å²) in [4.78, 5) is 22.5. The number of carbonyl (C=O) groups excluding carboxylic acids is 2. The molecule has 0 aromatic rings. The highest BCUT2D eigenvalue weighted by Crippen LogP contribution is 2.33. The fraction of sp³-hybridized carbons (Fsp3) is 0.778. The van der Waals surface area contributed by atoms with Gasteiger partial charge < -0.3 is 15.8 Å². The average Bonchev–Trinajstić information content (AvgIpc) is 2.95. The molecule has 14 heavy (non-hydrogen) atoms. The van der Waals surface area contributed by atoms with Gasteiger partial charge >= 0.3 is 5.97 Å². The molecular weight excluding hydrogens is 184 g/mol. The van der Waals surface area contributed by atoms with E-state index in [0.717, 1.165) is 12.8 Å². The molecule has 0 aromatic heterocycles. The molecule has 80 valence electrons. The van der Waals surface area contributed by atoms with Crippen molar-refractivity contribution in [2.45, 2.75) is 31.8 Å². The van der Waals surface area contributed by atoms with Crippen LogP contribution in [0.4, 0.5) is 0 Å². The Hall–Kier alpha value is -1.10. The molecule has 0 bridgehead atoms. The standard InChI is InChI=1S/C9H16N2O3/c1-5(10)8(12)11-7(6-3-4-6)9(13)14-2/h5-7H,3-4,10H2,1-2H3,(H,11,12)/t5-,7?/m1/s1. The first kappa shape index (κ1) is 11.0. The lowest BCUT2D eigenvalue weighted by Crippen LogP contribution is -2.48. The normalized spacial score (nSPS) is 19.6. The summed E-state index contributed by atoms with van der Waals surface area (Å²) in [5.74, 6) is -0.473. The van der Waals surface area contributed by atoms with E-state index >= 15 is 0 Å². The van der Waals surface area contributed by atoms with Crippen LogP contribution in [0.15, 0.2) is 0 Å². The number of hydrogen-bond acceptors (Lipinski definition) is 4. The summed E-state index contributed by atoms with van der Waals surface area (Å²) in [6, 6.07) is -1.11. The first-order valence-electron chi connectivity index (χ1n) is 4.70. The number of hydrogen-bond donors (Lipinski definition) is 2. The molecule has 3 N–H and O–H groups in total. The smallest absolute Gasteiger partial charge is 0.328 e. The predicted octanol–water partition coefficient (Wildman–Crippen LogP) is -0.599. The maximum atomic E-state index is 11.3. The van der Waals surface area contributed by atoms with E-state index in [2.05, 4.69) is 10.1 Å². The third-order valence-corrected chi connectivity index (χ3v) is 2.26. The number of nitrogens with one attached hydrogen (secondary N) is 1. The topological polar surface area (TPSA) is 81.4 Å². The molecule has 1 saturated carbocycles. The van der Waals surface area contributed by atoms with Crippen LogP contribution in [-0.2, 0) is 14.3 Å². The van der Waals surface area contributed by atoms with Crippen molar-refractivity contribution in [1.29, 1.82) is 0 Å². The number of rotatable bonds is 4. The van der Waals surface area contributed by atoms with Gasteiger partial charge in [0.15, 0.2) is 0 Å². The fourth-order valence-electron chi connectivity index (χ4n) is 1.21. The summed E-state index contributed by atoms with van der Waals surface area (Å²) < 4.78 is 4.60. The largest absolute Gasteiger partial charge is 0.467 e. The average molecular weight is 200 g/mol. The lowest BCUT2D eigenvalue weighted by atomic mass is 10.1. The minimum absolute atomic E-state index is 0.227. The molecule has 5 nitrogen and oxygen atoms in total. The van der Waals surface area contributed by atoms with Gasteiger partial charge in [0.2, 0.25) is 5.91 Å². The third kappa shape index (κ3) is 2.70. The van der Waals surface area contributed by atoms with Gasteiger partial charge in [-0.1, -0.05) is 0 Å². The lowest BCUT2D eigenvalue weighted by molar-refractivity contribution is -0.145. The number of nitrogens with two attached hydrogens (primary N) is 1. The summed E-state index contributed by atoms with van der Waals surface area (Å²) >= 11 is 0. The molecule has 0 saturated heterocycles. The van der Waals surface area contributed by atoms with Crippen molar-refractivity contribution >= 4 is 11.9 Å². The van der Waals surface area contributed by atoms with Crippen LogP contribution in [0.2, 0.25) is 0 Å². The Balaban J connectivity index is 2.51. The highest BCUT2D eigenvalue weighted by Gasteiger charge is 2.38. The van der Waals surface area contributed by atoms with Crippen LogP contribution in [0.5, 0.6) is 0 Å². The predicted molar refractivity (Wildman–Crippen MR) is 50.3 cm³/mol. The second-order valence-corrected chi connectivity index (χ2v) is 3.64. The first-order valence-corrected chi connectivity index (χ1v) is 4.70. The SMILES string of the molecule is COC(=O)C(NC(=O)[C@@H](C)N)C1CC1. The minimum atomic E-state index is -0.596. The van der Waals surface area contributed by atoms with Gasteiger partial charge in [-0.25, -0.2) is 4.79 Å². The van der Waals surface area contributed by atoms with Crippen LogP contribution in [0.3, 0.4) is 0 Å². The van der Waals surface area contributed by atoms with E-state index in [1.54, 1.807) is 6.92 Å². The van der Waals surface area contributed by atoms with E-state index in [9.17, 15) is 9.59 Å². The number of ether oxygens (including phenoxy) is 1. The second kappa shape index (κ2) is 4.41. The maximum Gasteiger partial charge on any atom is 0.328 e. The van der Waals surface area contributed by atoms with E-state index < -0.39 is 12.1 Å². The molecule has 1 fully saturated rings. The molecule has 0 aliphatic heterocycles. The van der Waals surface area contributed by atoms with Crippen molar-refractivity contribution in [1.82, 2.24) is 5.32 Å². The van der Waals surface area contributed by atoms with Crippen molar-refractivity contribution in [2.24, 2.45) is 11.7 Å². The summed E-state index contributed by atoms with van der Waals surface area (Å²) in [6.07, 6.45) is 1.91. The zero-order valence-corrected chi connectivity index (χ0v) is 8.45. The van der Waals surface area contributed by atoms with Gasteiger partial charge in [0, 0.05) is 0 Å². The molecule has 0 radical (unpaired) electrons. The van der Waals surface area contributed by atoms with Crippen LogP contribution < -0.4 is 11.1 Å². The molecule has 1 amide bonds. The van der Waals surface area contributed by atoms with Crippen molar-refractivity contribution in [3.63, 3.8) is 0 Å². The Kier molecular flexibility index (Phi) is 3.46. The molecule has 1 aliphatic carbocycles. The van der Waals surface area contributed by atoms with Crippen LogP contribution in [0.25, 0.3) is 0 Å². The molecule has 1 unspecified atom stereocenters. The maximum absolute atomic E-state index is 11.3. The van der Waals surface area contributed by atoms with E-state index in [0.29, 0.717) is 0 Å². The van der Waals surface area contributed by atoms with Gasteiger partial charge in [0.25, 0.3) is 0 Å². The van der Waals surface area contributed by atoms with E-state index in [-0.39, 0.29) is 17.8 Å². The molecule has 0 heterocycles. The molecule has 5 heteroatoms. The summed E-state index contributed by atoms with van der Waals surface area (Å²) in [5.41, 5.74) is 5.38. The fourth-order valence-corrected chi connectivity index (χ4v) is 1.21. The zero-order valence-electron chi connectivity index (χ0n) is 8.45. The monoisotopic (exact) mass is 200 g/mol. The summed E-state index contributed by atoms with van der Waals surface area (Å²) in [5, 5.41) is 2.59. The van der Waals surface area contributed by atoms with E-state index in [1.807, 2.05) is 0 Å². The van der Waals surface area contributed by atoms with Gasteiger partial charge in [-0.3, -0.25) is 4.79 Å². The van der Waals surface area contributed by atoms with Gasteiger partial charge in [0.05, 0.1) is 13.2 Å². The van der Waals surface area contributed by atoms with Crippen LogP contribution >= 0.6 is 0 Å². The lowest BCUT2D eigenvalue weighted by Gasteiger charge is -2.16. The Morgan fingerprint density at radius 1 is 1.50 bits per heavy atom. The number of amides is 1. The third-order valence-electron chi connectivity index (χ3n) is 2.26. The van der Waals surface area contributed by atoms with Crippen molar-refractivity contribution in [2.75, 3.05) is 7.11 Å². The highest BCUT2D eigenvalue weighted by atomic mass is 16.5. The van der Waals surface area contributed by atoms with E-state index in [4.69, 9.17) is 5.73 Å². The second-order valence-electron chi connectivity index (χ2n) is 3.64. The van der Waals surface area contributed by atoms with Crippen LogP contribution in [-0.4, -0.2) is 31.1 Å². The quantitative estimate of drug-likeness (QED) is 0.594. The minimum Gasteiger partial charge on any atom is -0.467 e. The molecule has 0 spiro atoms. The Bertz CT molecular complexity index is 236. The van der Waals surface area contributed by atoms with Gasteiger partial charge in [0.1, 0.15) is 6.04 Å². The van der Waals surface area contributed by atoms with Gasteiger partial charge in [-0.05, 0) is 25.7 Å². The van der Waals surface area contributed by atoms with Gasteiger partial charge in [-0.2, -0.15) is 0 Å². The molecule has 2 atom stereocenters. The van der Waals surface area contributed by atoms with Crippen molar-refractivity contribution in [3.05, 3.63) is 0 Å². The Morgan fingerprint density at radius 2 is 2.07 bits per heavy atom. The molecule has 0 aromatic carbocycles. The molecule has 1 rings (SSSR count). The first-order chi connectivity index (χ1) is 6.56. The Morgan fingerprint density at radius 3 is 2.43 bits per heavy atom. The zero-order chi connectivity index (χ0) is 10.7. The van der Waals surface area contributed by atoms with Crippen molar-refractivity contribution in [3.8, 4) is 0 Å². The number of esters is 1. The van der Waals surface area contributed by atoms with Crippen molar-refractivity contribution < 1.29 is 14.3 Å². The van der Waals surface area contributed by atoms with Crippen LogP contribution in [0, 0.1) is 5.92 Å².